The van der Waals surface area contributed by atoms with Gasteiger partial charge in [0.15, 0.2) is 5.65 Å². The Kier molecular flexibility index (Phi) is 4.61. The van der Waals surface area contributed by atoms with Gasteiger partial charge in [0.05, 0.1) is 17.8 Å². The van der Waals surface area contributed by atoms with E-state index < -0.39 is 0 Å². The summed E-state index contributed by atoms with van der Waals surface area (Å²) in [5.41, 5.74) is 4.68. The van der Waals surface area contributed by atoms with Crippen LogP contribution in [0, 0.1) is 24.2 Å². The zero-order valence-electron chi connectivity index (χ0n) is 19.9. The van der Waals surface area contributed by atoms with Gasteiger partial charge in [-0.3, -0.25) is 18.6 Å². The number of nitrogens with zero attached hydrogens (tertiary/aromatic N) is 6. The molecular formula is C26H25N7O2. The monoisotopic (exact) mass is 467 g/mol. The molecule has 6 rings (SSSR count). The van der Waals surface area contributed by atoms with Crippen molar-refractivity contribution in [1.82, 2.24) is 28.5 Å². The molecule has 35 heavy (non-hydrogen) atoms. The first-order chi connectivity index (χ1) is 16.9. The number of rotatable bonds is 5. The van der Waals surface area contributed by atoms with Crippen molar-refractivity contribution in [1.29, 1.82) is 5.26 Å². The van der Waals surface area contributed by atoms with Crippen LogP contribution >= 0.6 is 0 Å². The number of fused-ring (bicyclic) bond motifs is 2. The molecule has 1 saturated carbocycles. The van der Waals surface area contributed by atoms with Crippen LogP contribution in [-0.4, -0.2) is 28.5 Å². The molecule has 0 aliphatic heterocycles. The van der Waals surface area contributed by atoms with Crippen molar-refractivity contribution in [3.63, 3.8) is 0 Å². The van der Waals surface area contributed by atoms with Crippen molar-refractivity contribution in [2.45, 2.75) is 32.9 Å². The lowest BCUT2D eigenvalue weighted by molar-refractivity contribution is 0.572. The molecule has 0 amide bonds. The van der Waals surface area contributed by atoms with Gasteiger partial charge in [0.25, 0.3) is 5.56 Å². The fourth-order valence-electron chi connectivity index (χ4n) is 4.90. The number of H-pyrrole nitrogens is 1. The third-order valence-corrected chi connectivity index (χ3v) is 6.98. The average molecular weight is 468 g/mol. The topological polar surface area (TPSA) is 106 Å². The number of nitrogens with one attached hydrogen (secondary N) is 1. The van der Waals surface area contributed by atoms with Crippen molar-refractivity contribution < 1.29 is 0 Å². The Labute approximate surface area is 200 Å². The van der Waals surface area contributed by atoms with E-state index in [9.17, 15) is 14.9 Å². The van der Waals surface area contributed by atoms with Crippen LogP contribution < -0.4 is 11.2 Å². The van der Waals surface area contributed by atoms with E-state index in [-0.39, 0.29) is 11.2 Å². The summed E-state index contributed by atoms with van der Waals surface area (Å²) in [7, 11) is 3.36. The van der Waals surface area contributed by atoms with E-state index in [1.54, 1.807) is 21.5 Å². The fourth-order valence-corrected chi connectivity index (χ4v) is 4.90. The molecule has 1 fully saturated rings. The number of hydrogen-bond donors (Lipinski definition) is 1. The molecular weight excluding hydrogens is 442 g/mol. The summed E-state index contributed by atoms with van der Waals surface area (Å²) in [5, 5.41) is 15.8. The zero-order chi connectivity index (χ0) is 24.4. The van der Waals surface area contributed by atoms with E-state index in [0.717, 1.165) is 34.9 Å². The van der Waals surface area contributed by atoms with Crippen molar-refractivity contribution in [2.24, 2.45) is 20.0 Å². The van der Waals surface area contributed by atoms with E-state index in [1.165, 1.54) is 11.6 Å². The highest BCUT2D eigenvalue weighted by molar-refractivity contribution is 5.91. The van der Waals surface area contributed by atoms with Gasteiger partial charge in [-0.1, -0.05) is 11.6 Å². The minimum Gasteiger partial charge on any atom is -0.361 e. The van der Waals surface area contributed by atoms with Crippen LogP contribution in [0.4, 0.5) is 0 Å². The smallest absolute Gasteiger partial charge is 0.332 e. The molecule has 1 N–H and O–H groups in total. The molecule has 0 atom stereocenters. The number of aryl methyl sites for hydroxylation is 2. The first-order valence-corrected chi connectivity index (χ1v) is 11.7. The normalized spacial score (nSPS) is 13.7. The summed E-state index contributed by atoms with van der Waals surface area (Å²) in [6, 6.07) is 10.2. The molecule has 9 nitrogen and oxygen atoms in total. The summed E-state index contributed by atoms with van der Waals surface area (Å²) in [6.45, 7) is 3.00. The van der Waals surface area contributed by atoms with Crippen LogP contribution in [0.15, 0.2) is 46.2 Å². The predicted molar refractivity (Wildman–Crippen MR) is 133 cm³/mol. The van der Waals surface area contributed by atoms with Crippen LogP contribution in [-0.2, 0) is 27.2 Å². The Bertz CT molecular complexity index is 1800. The minimum atomic E-state index is -0.382. The highest BCUT2D eigenvalue weighted by atomic mass is 16.2. The van der Waals surface area contributed by atoms with Gasteiger partial charge in [0.2, 0.25) is 0 Å². The standard InChI is InChI=1S/C26H25N7O2/c1-15-4-7-20-19(8-15)18(11-28-20)14-33-23(21-9-17(10-27)12-30(21)2)22-24(29-33)32(13-16-5-6-16)26(35)31(3)25(22)34/h4,7-9,11-12,16,28H,5-6,13-14H2,1-3H3. The molecule has 0 bridgehead atoms. The third kappa shape index (κ3) is 3.33. The molecule has 0 saturated heterocycles. The lowest BCUT2D eigenvalue weighted by Gasteiger charge is -2.09. The Morgan fingerprint density at radius 2 is 2.00 bits per heavy atom. The van der Waals surface area contributed by atoms with Crippen molar-refractivity contribution >= 4 is 21.9 Å². The van der Waals surface area contributed by atoms with E-state index in [2.05, 4.69) is 30.1 Å². The molecule has 5 aromatic rings. The van der Waals surface area contributed by atoms with E-state index in [0.29, 0.717) is 47.0 Å². The molecule has 1 aliphatic carbocycles. The van der Waals surface area contributed by atoms with Crippen LogP contribution in [0.5, 0.6) is 0 Å². The Morgan fingerprint density at radius 3 is 2.71 bits per heavy atom. The maximum Gasteiger partial charge on any atom is 0.332 e. The third-order valence-electron chi connectivity index (χ3n) is 6.98. The zero-order valence-corrected chi connectivity index (χ0v) is 19.9. The van der Waals surface area contributed by atoms with Crippen molar-refractivity contribution in [2.75, 3.05) is 0 Å². The fraction of sp³-hybridized carbons (Fsp3) is 0.308. The summed E-state index contributed by atoms with van der Waals surface area (Å²) in [6.07, 6.45) is 5.84. The molecule has 4 heterocycles. The second-order valence-corrected chi connectivity index (χ2v) is 9.61. The average Bonchev–Trinajstić information content (AvgIpc) is 3.30. The molecule has 0 spiro atoms. The first-order valence-electron chi connectivity index (χ1n) is 11.7. The highest BCUT2D eigenvalue weighted by Gasteiger charge is 2.28. The van der Waals surface area contributed by atoms with Crippen LogP contribution in [0.25, 0.3) is 33.3 Å². The van der Waals surface area contributed by atoms with E-state index in [1.807, 2.05) is 23.9 Å². The van der Waals surface area contributed by atoms with Gasteiger partial charge in [-0.25, -0.2) is 4.79 Å². The number of hydrogen-bond acceptors (Lipinski definition) is 4. The van der Waals surface area contributed by atoms with Gasteiger partial charge in [-0.05, 0) is 49.4 Å². The number of benzene rings is 1. The summed E-state index contributed by atoms with van der Waals surface area (Å²) in [5.74, 6) is 0.429. The molecule has 1 aromatic carbocycles. The number of aromatic nitrogens is 6. The first kappa shape index (κ1) is 21.2. The summed E-state index contributed by atoms with van der Waals surface area (Å²) < 4.78 is 6.45. The highest BCUT2D eigenvalue weighted by Crippen LogP contribution is 2.33. The van der Waals surface area contributed by atoms with Crippen molar-refractivity contribution in [3.05, 3.63) is 74.2 Å². The van der Waals surface area contributed by atoms with Crippen molar-refractivity contribution in [3.8, 4) is 17.5 Å². The van der Waals surface area contributed by atoms with Gasteiger partial charge in [-0.2, -0.15) is 10.4 Å². The number of aromatic amines is 1. The van der Waals surface area contributed by atoms with Gasteiger partial charge in [0, 0.05) is 43.9 Å². The number of nitriles is 1. The lowest BCUT2D eigenvalue weighted by Crippen LogP contribution is -2.38. The van der Waals surface area contributed by atoms with Gasteiger partial charge >= 0.3 is 5.69 Å². The summed E-state index contributed by atoms with van der Waals surface area (Å²) >= 11 is 0. The van der Waals surface area contributed by atoms with E-state index in [4.69, 9.17) is 5.10 Å². The predicted octanol–water partition coefficient (Wildman–Crippen LogP) is 3.02. The maximum absolute atomic E-state index is 13.5. The van der Waals surface area contributed by atoms with Crippen LogP contribution in [0.1, 0.15) is 29.5 Å². The SMILES string of the molecule is Cc1ccc2[nH]cc(Cn3nc4c(c3-c3cc(C#N)cn3C)c(=O)n(C)c(=O)n4CC3CC3)c2c1. The second kappa shape index (κ2) is 7.60. The van der Waals surface area contributed by atoms with Crippen LogP contribution in [0.2, 0.25) is 0 Å². The minimum absolute atomic E-state index is 0.349. The Balaban J connectivity index is 1.66. The maximum atomic E-state index is 13.5. The molecule has 0 unspecified atom stereocenters. The molecule has 1 aliphatic rings. The second-order valence-electron chi connectivity index (χ2n) is 9.61. The van der Waals surface area contributed by atoms with Gasteiger partial charge in [-0.15, -0.1) is 0 Å². The van der Waals surface area contributed by atoms with E-state index >= 15 is 0 Å². The lowest BCUT2D eigenvalue weighted by atomic mass is 10.1. The largest absolute Gasteiger partial charge is 0.361 e. The summed E-state index contributed by atoms with van der Waals surface area (Å²) in [4.78, 5) is 29.9. The Morgan fingerprint density at radius 1 is 1.20 bits per heavy atom. The van der Waals surface area contributed by atoms with Gasteiger partial charge < -0.3 is 9.55 Å². The van der Waals surface area contributed by atoms with Crippen LogP contribution in [0.3, 0.4) is 0 Å². The molecule has 0 radical (unpaired) electrons. The van der Waals surface area contributed by atoms with Gasteiger partial charge in [0.1, 0.15) is 17.1 Å². The quantitative estimate of drug-likeness (QED) is 0.429. The molecule has 176 valence electrons. The molecule has 4 aromatic heterocycles. The Hall–Kier alpha value is -4.32. The molecule has 9 heteroatoms.